The Morgan fingerprint density at radius 2 is 1.54 bits per heavy atom. The normalized spacial score (nSPS) is 13.5. The molecule has 0 aliphatic carbocycles. The summed E-state index contributed by atoms with van der Waals surface area (Å²) in [5.74, 6) is -0.388. The topological polar surface area (TPSA) is 59.1 Å². The average molecular weight is 343 g/mol. The molecule has 0 saturated heterocycles. The summed E-state index contributed by atoms with van der Waals surface area (Å²) in [4.78, 5) is 3.84. The van der Waals surface area contributed by atoms with E-state index in [0.29, 0.717) is 16.1 Å². The molecule has 1 heterocycles. The van der Waals surface area contributed by atoms with Gasteiger partial charge in [0.1, 0.15) is 5.82 Å². The first kappa shape index (κ1) is 16.6. The Kier molecular flexibility index (Phi) is 4.90. The van der Waals surface area contributed by atoms with E-state index < -0.39 is 12.1 Å². The number of aromatic nitrogens is 1. The minimum absolute atomic E-state index is 0.388. The van der Waals surface area contributed by atoms with Gasteiger partial charge in [0.05, 0.1) is 18.3 Å². The fourth-order valence-corrected chi connectivity index (χ4v) is 2.64. The minimum Gasteiger partial charge on any atom is -0.386 e. The third-order valence-corrected chi connectivity index (χ3v) is 4.14. The van der Waals surface area contributed by atoms with E-state index >= 15 is 0 Å². The zero-order chi connectivity index (χ0) is 17.1. The van der Waals surface area contributed by atoms with Gasteiger partial charge in [0.2, 0.25) is 0 Å². The maximum Gasteiger partial charge on any atom is 0.142 e. The van der Waals surface area contributed by atoms with E-state index in [1.807, 2.05) is 12.1 Å². The van der Waals surface area contributed by atoms with Gasteiger partial charge in [0.15, 0.2) is 0 Å². The Morgan fingerprint density at radius 3 is 2.17 bits per heavy atom. The van der Waals surface area contributed by atoms with Crippen molar-refractivity contribution < 1.29 is 9.50 Å². The molecule has 0 aliphatic heterocycles. The summed E-state index contributed by atoms with van der Waals surface area (Å²) >= 11 is 5.86. The van der Waals surface area contributed by atoms with Crippen molar-refractivity contribution in [3.05, 3.63) is 89.0 Å². The molecule has 5 heteroatoms. The number of nitrogens with two attached hydrogens (primary N) is 1. The van der Waals surface area contributed by atoms with E-state index in [0.717, 1.165) is 17.3 Å². The number of nitrogens with zero attached hydrogens (tertiary/aromatic N) is 1. The van der Waals surface area contributed by atoms with Crippen molar-refractivity contribution in [2.75, 3.05) is 0 Å². The summed E-state index contributed by atoms with van der Waals surface area (Å²) in [6.07, 6.45) is 1.90. The highest BCUT2D eigenvalue weighted by Gasteiger charge is 2.18. The van der Waals surface area contributed by atoms with Crippen LogP contribution in [0.15, 0.2) is 67.0 Å². The lowest BCUT2D eigenvalue weighted by Crippen LogP contribution is -2.19. The summed E-state index contributed by atoms with van der Waals surface area (Å²) in [5, 5.41) is 11.1. The number of aliphatic hydroxyl groups is 1. The lowest BCUT2D eigenvalue weighted by Gasteiger charge is -2.20. The van der Waals surface area contributed by atoms with Crippen molar-refractivity contribution >= 4 is 11.6 Å². The van der Waals surface area contributed by atoms with E-state index in [4.69, 9.17) is 17.3 Å². The quantitative estimate of drug-likeness (QED) is 0.744. The zero-order valence-electron chi connectivity index (χ0n) is 12.7. The third kappa shape index (κ3) is 3.62. The smallest absolute Gasteiger partial charge is 0.142 e. The van der Waals surface area contributed by atoms with Gasteiger partial charge >= 0.3 is 0 Å². The number of aliphatic hydroxyl groups excluding tert-OH is 1. The van der Waals surface area contributed by atoms with Crippen molar-refractivity contribution in [2.45, 2.75) is 12.1 Å². The zero-order valence-corrected chi connectivity index (χ0v) is 13.5. The van der Waals surface area contributed by atoms with Gasteiger partial charge in [-0.05, 0) is 34.9 Å². The van der Waals surface area contributed by atoms with E-state index in [9.17, 15) is 9.50 Å². The first-order valence-electron chi connectivity index (χ1n) is 7.44. The second-order valence-electron chi connectivity index (χ2n) is 5.54. The van der Waals surface area contributed by atoms with Crippen LogP contribution in [0.3, 0.4) is 0 Å². The van der Waals surface area contributed by atoms with Gasteiger partial charge < -0.3 is 10.8 Å². The van der Waals surface area contributed by atoms with Crippen LogP contribution >= 0.6 is 11.6 Å². The van der Waals surface area contributed by atoms with Gasteiger partial charge in [-0.15, -0.1) is 0 Å². The summed E-state index contributed by atoms with van der Waals surface area (Å²) in [7, 11) is 0. The van der Waals surface area contributed by atoms with Gasteiger partial charge in [-0.1, -0.05) is 48.0 Å². The lowest BCUT2D eigenvalue weighted by molar-refractivity contribution is 0.147. The molecule has 24 heavy (non-hydrogen) atoms. The molecule has 2 aromatic carbocycles. The predicted octanol–water partition coefficient (Wildman–Crippen LogP) is 4.27. The Bertz CT molecular complexity index is 822. The standard InChI is InChI=1S/C19H16ClFN2O/c20-16-7-5-13(6-8-16)18(22)19(24)14-3-1-12(2-4-14)15-9-17(21)11-23-10-15/h1-11,18-19,24H,22H2. The van der Waals surface area contributed by atoms with Crippen LogP contribution in [0.5, 0.6) is 0 Å². The summed E-state index contributed by atoms with van der Waals surface area (Å²) in [6.45, 7) is 0. The average Bonchev–Trinajstić information content (AvgIpc) is 2.61. The van der Waals surface area contributed by atoms with Crippen LogP contribution in [0, 0.1) is 5.82 Å². The first-order chi connectivity index (χ1) is 11.5. The number of pyridine rings is 1. The molecule has 0 radical (unpaired) electrons. The van der Waals surface area contributed by atoms with E-state index in [1.54, 1.807) is 42.6 Å². The molecule has 3 rings (SSSR count). The molecular formula is C19H16ClFN2O. The summed E-state index contributed by atoms with van der Waals surface area (Å²) in [6, 6.07) is 15.1. The van der Waals surface area contributed by atoms with Crippen LogP contribution in [-0.2, 0) is 0 Å². The van der Waals surface area contributed by atoms with Crippen LogP contribution in [0.1, 0.15) is 23.3 Å². The van der Waals surface area contributed by atoms with Crippen LogP contribution in [0.2, 0.25) is 5.02 Å². The van der Waals surface area contributed by atoms with Gasteiger partial charge in [-0.25, -0.2) is 4.39 Å². The predicted molar refractivity (Wildman–Crippen MR) is 93.0 cm³/mol. The first-order valence-corrected chi connectivity index (χ1v) is 7.82. The highest BCUT2D eigenvalue weighted by atomic mass is 35.5. The van der Waals surface area contributed by atoms with E-state index in [2.05, 4.69) is 4.98 Å². The van der Waals surface area contributed by atoms with E-state index in [-0.39, 0.29) is 5.82 Å². The van der Waals surface area contributed by atoms with Crippen LogP contribution in [0.4, 0.5) is 4.39 Å². The van der Waals surface area contributed by atoms with Crippen molar-refractivity contribution in [1.29, 1.82) is 0 Å². The Morgan fingerprint density at radius 1 is 0.917 bits per heavy atom. The Labute approximate surface area is 144 Å². The number of hydrogen-bond acceptors (Lipinski definition) is 3. The Hall–Kier alpha value is -2.27. The van der Waals surface area contributed by atoms with Gasteiger partial charge in [-0.2, -0.15) is 0 Å². The Balaban J connectivity index is 1.80. The fourth-order valence-electron chi connectivity index (χ4n) is 2.52. The van der Waals surface area contributed by atoms with Crippen LogP contribution in [-0.4, -0.2) is 10.1 Å². The van der Waals surface area contributed by atoms with Crippen LogP contribution < -0.4 is 5.73 Å². The monoisotopic (exact) mass is 342 g/mol. The molecule has 0 spiro atoms. The number of hydrogen-bond donors (Lipinski definition) is 2. The highest BCUT2D eigenvalue weighted by molar-refractivity contribution is 6.30. The van der Waals surface area contributed by atoms with Crippen molar-refractivity contribution in [2.24, 2.45) is 5.73 Å². The molecule has 0 fully saturated rings. The second-order valence-corrected chi connectivity index (χ2v) is 5.97. The fraction of sp³-hybridized carbons (Fsp3) is 0.105. The maximum absolute atomic E-state index is 13.3. The molecule has 0 bridgehead atoms. The molecule has 3 aromatic rings. The van der Waals surface area contributed by atoms with Crippen LogP contribution in [0.25, 0.3) is 11.1 Å². The molecule has 0 amide bonds. The maximum atomic E-state index is 13.3. The SMILES string of the molecule is NC(c1ccc(Cl)cc1)C(O)c1ccc(-c2cncc(F)c2)cc1. The van der Waals surface area contributed by atoms with Crippen molar-refractivity contribution in [3.8, 4) is 11.1 Å². The summed E-state index contributed by atoms with van der Waals surface area (Å²) < 4.78 is 13.3. The minimum atomic E-state index is -0.856. The number of halogens is 2. The van der Waals surface area contributed by atoms with Gasteiger partial charge in [0, 0.05) is 16.8 Å². The molecular weight excluding hydrogens is 327 g/mol. The highest BCUT2D eigenvalue weighted by Crippen LogP contribution is 2.29. The third-order valence-electron chi connectivity index (χ3n) is 3.89. The molecule has 2 atom stereocenters. The molecule has 0 saturated carbocycles. The lowest BCUT2D eigenvalue weighted by atomic mass is 9.95. The molecule has 122 valence electrons. The molecule has 3 N–H and O–H groups in total. The van der Waals surface area contributed by atoms with Crippen molar-refractivity contribution in [3.63, 3.8) is 0 Å². The van der Waals surface area contributed by atoms with Crippen molar-refractivity contribution in [1.82, 2.24) is 4.98 Å². The molecule has 3 nitrogen and oxygen atoms in total. The number of rotatable bonds is 4. The largest absolute Gasteiger partial charge is 0.386 e. The second kappa shape index (κ2) is 7.09. The molecule has 2 unspecified atom stereocenters. The van der Waals surface area contributed by atoms with E-state index in [1.165, 1.54) is 6.07 Å². The number of benzene rings is 2. The van der Waals surface area contributed by atoms with Gasteiger partial charge in [0.25, 0.3) is 0 Å². The molecule has 1 aromatic heterocycles. The van der Waals surface area contributed by atoms with Gasteiger partial charge in [-0.3, -0.25) is 4.98 Å². The molecule has 0 aliphatic rings. The summed E-state index contributed by atoms with van der Waals surface area (Å²) in [5.41, 5.74) is 9.12.